The second-order valence-electron chi connectivity index (χ2n) is 3.94. The molecule has 19 heavy (non-hydrogen) atoms. The van der Waals surface area contributed by atoms with Crippen molar-refractivity contribution in [2.45, 2.75) is 19.4 Å². The van der Waals surface area contributed by atoms with Crippen molar-refractivity contribution in [2.75, 3.05) is 12.3 Å². The number of alkyl carbamates (subject to hydrolysis) is 1. The first kappa shape index (κ1) is 15.8. The predicted molar refractivity (Wildman–Crippen MR) is 73.5 cm³/mol. The van der Waals surface area contributed by atoms with Crippen molar-refractivity contribution in [1.29, 1.82) is 0 Å². The summed E-state index contributed by atoms with van der Waals surface area (Å²) in [5, 5.41) is 2.54. The van der Waals surface area contributed by atoms with Gasteiger partial charge in [-0.05, 0) is 18.4 Å². The summed E-state index contributed by atoms with van der Waals surface area (Å²) >= 11 is 0. The Balaban J connectivity index is 2.09. The van der Waals surface area contributed by atoms with Crippen LogP contribution in [-0.4, -0.2) is 26.8 Å². The Morgan fingerprint density at radius 3 is 2.53 bits per heavy atom. The number of carbonyl (C=O) groups is 1. The third-order valence-corrected chi connectivity index (χ3v) is 3.54. The maximum absolute atomic E-state index is 11.3. The van der Waals surface area contributed by atoms with Gasteiger partial charge >= 0.3 is 6.09 Å². The van der Waals surface area contributed by atoms with E-state index in [1.54, 1.807) is 0 Å². The molecule has 1 aromatic rings. The van der Waals surface area contributed by atoms with Crippen molar-refractivity contribution in [3.63, 3.8) is 0 Å². The number of carbonyl (C=O) groups excluding carboxylic acids is 1. The zero-order chi connectivity index (χ0) is 14.1. The molecule has 0 unspecified atom stereocenters. The van der Waals surface area contributed by atoms with Crippen molar-refractivity contribution >= 4 is 25.8 Å². The average molecular weight is 306 g/mol. The van der Waals surface area contributed by atoms with Gasteiger partial charge in [-0.2, -0.15) is 0 Å². The Hall–Kier alpha value is -1.27. The minimum Gasteiger partial charge on any atom is -0.445 e. The maximum atomic E-state index is 11.3. The van der Waals surface area contributed by atoms with Gasteiger partial charge in [-0.1, -0.05) is 30.3 Å². The number of unbranched alkanes of at least 4 members (excludes halogenated alkanes) is 1. The van der Waals surface area contributed by atoms with Gasteiger partial charge < -0.3 is 10.1 Å². The van der Waals surface area contributed by atoms with E-state index in [0.717, 1.165) is 5.56 Å². The summed E-state index contributed by atoms with van der Waals surface area (Å²) in [6.07, 6.45) is 0.426. The van der Waals surface area contributed by atoms with Gasteiger partial charge in [0.15, 0.2) is 0 Å². The van der Waals surface area contributed by atoms with Crippen molar-refractivity contribution in [1.82, 2.24) is 5.32 Å². The molecule has 0 saturated heterocycles. The van der Waals surface area contributed by atoms with E-state index in [-0.39, 0.29) is 12.4 Å². The standard InChI is InChI=1S/C12H16ClNO4S/c13-19(16,17)9-5-4-8-14-12(15)18-10-11-6-2-1-3-7-11/h1-3,6-7H,4-5,8-10H2,(H,14,15). The molecule has 0 spiro atoms. The van der Waals surface area contributed by atoms with E-state index >= 15 is 0 Å². The van der Waals surface area contributed by atoms with Gasteiger partial charge in [0, 0.05) is 17.2 Å². The number of nitrogens with one attached hydrogen (secondary N) is 1. The zero-order valence-corrected chi connectivity index (χ0v) is 11.9. The number of amides is 1. The van der Waals surface area contributed by atoms with Crippen molar-refractivity contribution < 1.29 is 17.9 Å². The quantitative estimate of drug-likeness (QED) is 0.619. The van der Waals surface area contributed by atoms with Gasteiger partial charge in [0.25, 0.3) is 0 Å². The molecule has 1 rings (SSSR count). The van der Waals surface area contributed by atoms with Crippen LogP contribution in [0.2, 0.25) is 0 Å². The van der Waals surface area contributed by atoms with E-state index < -0.39 is 15.1 Å². The second kappa shape index (κ2) is 8.01. The zero-order valence-electron chi connectivity index (χ0n) is 10.3. The molecule has 0 saturated carbocycles. The molecule has 1 amide bonds. The molecule has 0 aromatic heterocycles. The van der Waals surface area contributed by atoms with E-state index in [4.69, 9.17) is 15.4 Å². The number of hydrogen-bond donors (Lipinski definition) is 1. The van der Waals surface area contributed by atoms with Crippen LogP contribution in [-0.2, 0) is 20.4 Å². The fourth-order valence-electron chi connectivity index (χ4n) is 1.36. The van der Waals surface area contributed by atoms with Crippen LogP contribution in [0.3, 0.4) is 0 Å². The van der Waals surface area contributed by atoms with Gasteiger partial charge in [-0.15, -0.1) is 0 Å². The first-order valence-corrected chi connectivity index (χ1v) is 8.32. The van der Waals surface area contributed by atoms with Crippen molar-refractivity contribution in [3.05, 3.63) is 35.9 Å². The van der Waals surface area contributed by atoms with Crippen LogP contribution in [0.5, 0.6) is 0 Å². The van der Waals surface area contributed by atoms with Gasteiger partial charge in [0.05, 0.1) is 5.75 Å². The molecule has 106 valence electrons. The number of rotatable bonds is 7. The summed E-state index contributed by atoms with van der Waals surface area (Å²) in [4.78, 5) is 11.3. The van der Waals surface area contributed by atoms with Gasteiger partial charge in [0.1, 0.15) is 6.61 Å². The molecule has 0 aliphatic heterocycles. The predicted octanol–water partition coefficient (Wildman–Crippen LogP) is 2.26. The Morgan fingerprint density at radius 1 is 1.21 bits per heavy atom. The average Bonchev–Trinajstić information content (AvgIpc) is 2.36. The summed E-state index contributed by atoms with van der Waals surface area (Å²) < 4.78 is 26.3. The van der Waals surface area contributed by atoms with Crippen LogP contribution in [0.1, 0.15) is 18.4 Å². The minimum atomic E-state index is -3.44. The second-order valence-corrected chi connectivity index (χ2v) is 6.84. The Kier molecular flexibility index (Phi) is 6.66. The number of benzene rings is 1. The smallest absolute Gasteiger partial charge is 0.407 e. The summed E-state index contributed by atoms with van der Waals surface area (Å²) in [5.41, 5.74) is 0.908. The lowest BCUT2D eigenvalue weighted by atomic mass is 10.2. The molecule has 1 N–H and O–H groups in total. The molecule has 0 radical (unpaired) electrons. The van der Waals surface area contributed by atoms with E-state index in [1.165, 1.54) is 0 Å². The molecule has 0 atom stereocenters. The molecule has 7 heteroatoms. The molecular formula is C12H16ClNO4S. The normalized spacial score (nSPS) is 11.0. The fraction of sp³-hybridized carbons (Fsp3) is 0.417. The third-order valence-electron chi connectivity index (χ3n) is 2.30. The first-order chi connectivity index (χ1) is 8.97. The lowest BCUT2D eigenvalue weighted by Gasteiger charge is -2.06. The Labute approximate surface area is 117 Å². The highest BCUT2D eigenvalue weighted by molar-refractivity contribution is 8.13. The van der Waals surface area contributed by atoms with Crippen molar-refractivity contribution in [2.24, 2.45) is 0 Å². The monoisotopic (exact) mass is 305 g/mol. The number of ether oxygens (including phenoxy) is 1. The lowest BCUT2D eigenvalue weighted by molar-refractivity contribution is 0.139. The molecular weight excluding hydrogens is 290 g/mol. The summed E-state index contributed by atoms with van der Waals surface area (Å²) in [7, 11) is 1.61. The molecule has 0 bridgehead atoms. The molecule has 1 aromatic carbocycles. The topological polar surface area (TPSA) is 72.5 Å². The van der Waals surface area contributed by atoms with E-state index in [9.17, 15) is 13.2 Å². The number of halogens is 1. The lowest BCUT2D eigenvalue weighted by Crippen LogP contribution is -2.25. The highest BCUT2D eigenvalue weighted by Crippen LogP contribution is 2.02. The van der Waals surface area contributed by atoms with Crippen molar-refractivity contribution in [3.8, 4) is 0 Å². The van der Waals surface area contributed by atoms with Gasteiger partial charge in [-0.25, -0.2) is 13.2 Å². The van der Waals surface area contributed by atoms with Gasteiger partial charge in [0.2, 0.25) is 9.05 Å². The van der Waals surface area contributed by atoms with E-state index in [0.29, 0.717) is 19.4 Å². The van der Waals surface area contributed by atoms with Crippen LogP contribution in [0, 0.1) is 0 Å². The molecule has 5 nitrogen and oxygen atoms in total. The largest absolute Gasteiger partial charge is 0.445 e. The van der Waals surface area contributed by atoms with Crippen LogP contribution < -0.4 is 5.32 Å². The minimum absolute atomic E-state index is 0.0880. The fourth-order valence-corrected chi connectivity index (χ4v) is 2.24. The Bertz CT molecular complexity index is 490. The molecule has 0 aliphatic rings. The summed E-state index contributed by atoms with van der Waals surface area (Å²) in [5.74, 6) is -0.0880. The van der Waals surface area contributed by atoms with Crippen LogP contribution in [0.25, 0.3) is 0 Å². The molecule has 0 fully saturated rings. The van der Waals surface area contributed by atoms with Crippen LogP contribution in [0.15, 0.2) is 30.3 Å². The SMILES string of the molecule is O=C(NCCCCS(=O)(=O)Cl)OCc1ccccc1. The highest BCUT2D eigenvalue weighted by Gasteiger charge is 2.05. The summed E-state index contributed by atoms with van der Waals surface area (Å²) in [6, 6.07) is 9.33. The van der Waals surface area contributed by atoms with Crippen LogP contribution in [0.4, 0.5) is 4.79 Å². The molecule has 0 heterocycles. The van der Waals surface area contributed by atoms with E-state index in [2.05, 4.69) is 5.32 Å². The Morgan fingerprint density at radius 2 is 1.89 bits per heavy atom. The maximum Gasteiger partial charge on any atom is 0.407 e. The van der Waals surface area contributed by atoms with Crippen LogP contribution >= 0.6 is 10.7 Å². The van der Waals surface area contributed by atoms with E-state index in [1.807, 2.05) is 30.3 Å². The number of hydrogen-bond acceptors (Lipinski definition) is 4. The third kappa shape index (κ3) is 8.45. The summed E-state index contributed by atoms with van der Waals surface area (Å²) in [6.45, 7) is 0.572. The molecule has 0 aliphatic carbocycles. The highest BCUT2D eigenvalue weighted by atomic mass is 35.7. The van der Waals surface area contributed by atoms with Gasteiger partial charge in [-0.3, -0.25) is 0 Å². The first-order valence-electron chi connectivity index (χ1n) is 5.84.